The largest absolute Gasteiger partial charge is 0.405 e. The number of aromatic nitrogens is 2. The van der Waals surface area contributed by atoms with E-state index in [-0.39, 0.29) is 11.7 Å². The number of nitrogens with one attached hydrogen (secondary N) is 2. The number of thiocarbonyl (C=S) groups is 1. The highest BCUT2D eigenvalue weighted by atomic mass is 32.1. The van der Waals surface area contributed by atoms with Gasteiger partial charge in [-0.15, -0.1) is 0 Å². The zero-order valence-corrected chi connectivity index (χ0v) is 10.2. The van der Waals surface area contributed by atoms with Crippen LogP contribution < -0.4 is 10.6 Å². The Kier molecular flexibility index (Phi) is 5.35. The molecule has 1 aromatic heterocycles. The number of rotatable bonds is 5. The Morgan fingerprint density at radius 1 is 1.50 bits per heavy atom. The number of aliphatic hydroxyl groups is 1. The summed E-state index contributed by atoms with van der Waals surface area (Å²) < 4.78 is 37.3. The topological polar surface area (TPSA) is 62.1 Å². The Balaban J connectivity index is 2.37. The Morgan fingerprint density at radius 3 is 2.83 bits per heavy atom. The molecule has 0 amide bonds. The molecule has 1 aromatic rings. The van der Waals surface area contributed by atoms with Crippen molar-refractivity contribution in [2.24, 2.45) is 0 Å². The first-order valence-electron chi connectivity index (χ1n) is 5.16. The predicted molar refractivity (Wildman–Crippen MR) is 64.2 cm³/mol. The molecule has 0 saturated heterocycles. The minimum atomic E-state index is -4.31. The summed E-state index contributed by atoms with van der Waals surface area (Å²) in [5.41, 5.74) is 0. The first-order valence-corrected chi connectivity index (χ1v) is 5.57. The molecular weight excluding hydrogens is 269 g/mol. The molecule has 3 N–H and O–H groups in total. The molecule has 0 aromatic carbocycles. The van der Waals surface area contributed by atoms with Crippen LogP contribution in [-0.4, -0.2) is 39.3 Å². The minimum Gasteiger partial charge on any atom is -0.396 e. The van der Waals surface area contributed by atoms with E-state index >= 15 is 0 Å². The van der Waals surface area contributed by atoms with E-state index in [1.807, 2.05) is 5.32 Å². The van der Waals surface area contributed by atoms with Crippen LogP contribution in [0.3, 0.4) is 0 Å². The fourth-order valence-electron chi connectivity index (χ4n) is 1.13. The second kappa shape index (κ2) is 6.55. The van der Waals surface area contributed by atoms with Crippen LogP contribution in [-0.2, 0) is 6.54 Å². The van der Waals surface area contributed by atoms with Crippen molar-refractivity contribution in [3.8, 4) is 0 Å². The lowest BCUT2D eigenvalue weighted by Crippen LogP contribution is -2.36. The van der Waals surface area contributed by atoms with Crippen LogP contribution in [0, 0.1) is 0 Å². The van der Waals surface area contributed by atoms with Crippen molar-refractivity contribution < 1.29 is 18.3 Å². The fourth-order valence-corrected chi connectivity index (χ4v) is 1.30. The number of hydrogen-bond donors (Lipinski definition) is 3. The van der Waals surface area contributed by atoms with E-state index in [0.29, 0.717) is 18.8 Å². The zero-order valence-electron chi connectivity index (χ0n) is 9.37. The molecule has 5 nitrogen and oxygen atoms in total. The number of aliphatic hydroxyl groups excluding tert-OH is 1. The molecule has 0 aliphatic carbocycles. The van der Waals surface area contributed by atoms with E-state index in [2.05, 4.69) is 22.6 Å². The highest BCUT2D eigenvalue weighted by Crippen LogP contribution is 2.12. The van der Waals surface area contributed by atoms with Crippen molar-refractivity contribution in [2.75, 3.05) is 18.5 Å². The molecule has 0 unspecified atom stereocenters. The van der Waals surface area contributed by atoms with Gasteiger partial charge in [0.1, 0.15) is 6.54 Å². The Labute approximate surface area is 107 Å². The molecule has 0 aliphatic rings. The number of hydrogen-bond acceptors (Lipinski definition) is 3. The predicted octanol–water partition coefficient (Wildman–Crippen LogP) is 1.11. The number of nitrogens with zero attached hydrogens (tertiary/aromatic N) is 2. The molecule has 0 aliphatic heterocycles. The lowest BCUT2D eigenvalue weighted by atomic mass is 10.5. The maximum absolute atomic E-state index is 11.9. The molecule has 102 valence electrons. The number of aryl methyl sites for hydroxylation is 1. The maximum Gasteiger partial charge on any atom is 0.405 e. The Hall–Kier alpha value is -1.35. The molecule has 0 radical (unpaired) electrons. The average molecular weight is 282 g/mol. The third-order valence-corrected chi connectivity index (χ3v) is 2.12. The van der Waals surface area contributed by atoms with Gasteiger partial charge in [0.25, 0.3) is 0 Å². The van der Waals surface area contributed by atoms with Gasteiger partial charge in [-0.2, -0.15) is 18.3 Å². The summed E-state index contributed by atoms with van der Waals surface area (Å²) in [7, 11) is 0. The average Bonchev–Trinajstić information content (AvgIpc) is 2.70. The summed E-state index contributed by atoms with van der Waals surface area (Å²) in [6.07, 6.45) is -2.12. The Bertz CT molecular complexity index is 393. The zero-order chi connectivity index (χ0) is 13.6. The van der Waals surface area contributed by atoms with Crippen LogP contribution >= 0.6 is 12.2 Å². The van der Waals surface area contributed by atoms with E-state index in [1.165, 1.54) is 0 Å². The van der Waals surface area contributed by atoms with Crippen molar-refractivity contribution in [3.05, 3.63) is 12.3 Å². The van der Waals surface area contributed by atoms with Crippen LogP contribution in [0.15, 0.2) is 12.3 Å². The fraction of sp³-hybridized carbons (Fsp3) is 0.556. The minimum absolute atomic E-state index is 0.0498. The second-order valence-corrected chi connectivity index (χ2v) is 3.87. The lowest BCUT2D eigenvalue weighted by Gasteiger charge is -2.10. The second-order valence-electron chi connectivity index (χ2n) is 3.46. The molecule has 0 fully saturated rings. The summed E-state index contributed by atoms with van der Waals surface area (Å²) in [4.78, 5) is 0. The summed E-state index contributed by atoms with van der Waals surface area (Å²) in [6, 6.07) is 1.58. The molecule has 1 rings (SSSR count). The SMILES string of the molecule is OCCCn1ccc(NC(=S)NCC(F)(F)F)n1. The van der Waals surface area contributed by atoms with Crippen molar-refractivity contribution in [1.29, 1.82) is 0 Å². The summed E-state index contributed by atoms with van der Waals surface area (Å²) in [5, 5.41) is 17.1. The molecular formula is C9H13F3N4OS. The van der Waals surface area contributed by atoms with Crippen LogP contribution in [0.25, 0.3) is 0 Å². The highest BCUT2D eigenvalue weighted by Gasteiger charge is 2.27. The standard InChI is InChI=1S/C9H13F3N4OS/c10-9(11,12)6-13-8(18)14-7-2-4-16(15-7)3-1-5-17/h2,4,17H,1,3,5-6H2,(H2,13,14,15,18). The van der Waals surface area contributed by atoms with E-state index in [4.69, 9.17) is 5.11 Å². The molecule has 18 heavy (non-hydrogen) atoms. The van der Waals surface area contributed by atoms with Crippen molar-refractivity contribution in [3.63, 3.8) is 0 Å². The lowest BCUT2D eigenvalue weighted by molar-refractivity contribution is -0.121. The molecule has 0 saturated carbocycles. The van der Waals surface area contributed by atoms with Gasteiger partial charge in [-0.25, -0.2) is 0 Å². The third kappa shape index (κ3) is 5.82. The highest BCUT2D eigenvalue weighted by molar-refractivity contribution is 7.80. The smallest absolute Gasteiger partial charge is 0.396 e. The molecule has 1 heterocycles. The van der Waals surface area contributed by atoms with Gasteiger partial charge in [0.2, 0.25) is 0 Å². The van der Waals surface area contributed by atoms with Crippen LogP contribution in [0.1, 0.15) is 6.42 Å². The Morgan fingerprint density at radius 2 is 2.22 bits per heavy atom. The van der Waals surface area contributed by atoms with E-state index in [1.54, 1.807) is 16.9 Å². The van der Waals surface area contributed by atoms with Gasteiger partial charge in [-0.05, 0) is 18.6 Å². The number of alkyl halides is 3. The quantitative estimate of drug-likeness (QED) is 0.706. The van der Waals surface area contributed by atoms with E-state index < -0.39 is 12.7 Å². The summed E-state index contributed by atoms with van der Waals surface area (Å²) in [6.45, 7) is -0.612. The number of halogens is 3. The summed E-state index contributed by atoms with van der Waals surface area (Å²) >= 11 is 4.69. The molecule has 0 atom stereocenters. The van der Waals surface area contributed by atoms with Gasteiger partial charge >= 0.3 is 6.18 Å². The van der Waals surface area contributed by atoms with E-state index in [9.17, 15) is 13.2 Å². The van der Waals surface area contributed by atoms with Crippen LogP contribution in [0.4, 0.5) is 19.0 Å². The van der Waals surface area contributed by atoms with Crippen molar-refractivity contribution in [1.82, 2.24) is 15.1 Å². The van der Waals surface area contributed by atoms with Crippen LogP contribution in [0.2, 0.25) is 0 Å². The monoisotopic (exact) mass is 282 g/mol. The van der Waals surface area contributed by atoms with Crippen molar-refractivity contribution in [2.45, 2.75) is 19.1 Å². The molecule has 0 spiro atoms. The first-order chi connectivity index (χ1) is 8.40. The van der Waals surface area contributed by atoms with Gasteiger partial charge in [0, 0.05) is 25.4 Å². The van der Waals surface area contributed by atoms with Crippen molar-refractivity contribution >= 4 is 23.1 Å². The normalized spacial score (nSPS) is 11.3. The number of anilines is 1. The third-order valence-electron chi connectivity index (χ3n) is 1.88. The van der Waals surface area contributed by atoms with Gasteiger partial charge in [0.15, 0.2) is 10.9 Å². The van der Waals surface area contributed by atoms with Gasteiger partial charge in [0.05, 0.1) is 0 Å². The molecule has 0 bridgehead atoms. The molecule has 9 heteroatoms. The first kappa shape index (κ1) is 14.7. The van der Waals surface area contributed by atoms with Crippen LogP contribution in [0.5, 0.6) is 0 Å². The van der Waals surface area contributed by atoms with Gasteiger partial charge in [-0.1, -0.05) is 0 Å². The maximum atomic E-state index is 11.9. The van der Waals surface area contributed by atoms with Gasteiger partial charge < -0.3 is 15.7 Å². The summed E-state index contributed by atoms with van der Waals surface area (Å²) in [5.74, 6) is 0.354. The van der Waals surface area contributed by atoms with E-state index in [0.717, 1.165) is 0 Å². The van der Waals surface area contributed by atoms with Gasteiger partial charge in [-0.3, -0.25) is 4.68 Å².